The van der Waals surface area contributed by atoms with Crippen LogP contribution in [0.2, 0.25) is 5.02 Å². The first-order valence-electron chi connectivity index (χ1n) is 9.90. The van der Waals surface area contributed by atoms with Crippen molar-refractivity contribution in [2.45, 2.75) is 25.2 Å². The number of thiazole rings is 1. The Labute approximate surface area is 199 Å². The molecule has 0 amide bonds. The summed E-state index contributed by atoms with van der Waals surface area (Å²) in [6, 6.07) is 8.32. The van der Waals surface area contributed by atoms with Gasteiger partial charge in [0.2, 0.25) is 5.88 Å². The first-order chi connectivity index (χ1) is 16.1. The minimum Gasteiger partial charge on any atom is -0.493 e. The van der Waals surface area contributed by atoms with E-state index in [0.717, 1.165) is 10.6 Å². The van der Waals surface area contributed by atoms with Crippen LogP contribution < -0.4 is 15.4 Å². The number of aliphatic hydroxyl groups is 2. The highest BCUT2D eigenvalue weighted by Gasteiger charge is 2.34. The van der Waals surface area contributed by atoms with Crippen LogP contribution in [0.25, 0.3) is 5.57 Å². The second kappa shape index (κ2) is 9.34. The summed E-state index contributed by atoms with van der Waals surface area (Å²) in [6.07, 6.45) is -4.78. The maximum Gasteiger partial charge on any atom is 0.416 e. The Morgan fingerprint density at radius 2 is 1.97 bits per heavy atom. The number of halogens is 4. The number of aliphatic hydroxyl groups excluding tert-OH is 2. The molecule has 0 fully saturated rings. The molecule has 3 N–H and O–H groups in total. The van der Waals surface area contributed by atoms with Crippen molar-refractivity contribution in [3.8, 4) is 5.88 Å². The van der Waals surface area contributed by atoms with Gasteiger partial charge in [0.1, 0.15) is 0 Å². The molecular weight excluding hydrogens is 495 g/mol. The van der Waals surface area contributed by atoms with Crippen molar-refractivity contribution < 1.29 is 28.5 Å². The molecule has 178 valence electrons. The lowest BCUT2D eigenvalue weighted by Gasteiger charge is -2.15. The number of hydrogen-bond acceptors (Lipinski definition) is 7. The fourth-order valence-electron chi connectivity index (χ4n) is 3.58. The number of alkyl halides is 3. The smallest absolute Gasteiger partial charge is 0.416 e. The van der Waals surface area contributed by atoms with E-state index >= 15 is 0 Å². The molecule has 0 radical (unpaired) electrons. The molecule has 0 aliphatic carbocycles. The van der Waals surface area contributed by atoms with Crippen molar-refractivity contribution in [2.24, 2.45) is 10.2 Å². The van der Waals surface area contributed by atoms with E-state index in [0.29, 0.717) is 27.5 Å². The van der Waals surface area contributed by atoms with E-state index in [1.54, 1.807) is 18.2 Å². The van der Waals surface area contributed by atoms with Gasteiger partial charge in [-0.05, 0) is 40.6 Å². The van der Waals surface area contributed by atoms with Gasteiger partial charge in [-0.25, -0.2) is 0 Å². The third-order valence-corrected chi connectivity index (χ3v) is 6.49. The Kier molecular flexibility index (Phi) is 6.63. The van der Waals surface area contributed by atoms with Gasteiger partial charge >= 0.3 is 11.0 Å². The third kappa shape index (κ3) is 4.78. The molecule has 1 aliphatic rings. The highest BCUT2D eigenvalue weighted by Crippen LogP contribution is 2.37. The van der Waals surface area contributed by atoms with Crippen LogP contribution in [0.1, 0.15) is 21.6 Å². The second-order valence-corrected chi connectivity index (χ2v) is 8.94. The molecule has 1 aliphatic heterocycles. The van der Waals surface area contributed by atoms with Gasteiger partial charge in [-0.1, -0.05) is 35.1 Å². The monoisotopic (exact) mass is 511 g/mol. The summed E-state index contributed by atoms with van der Waals surface area (Å²) in [5.74, 6) is -0.515. The van der Waals surface area contributed by atoms with Crippen molar-refractivity contribution >= 4 is 34.7 Å². The summed E-state index contributed by atoms with van der Waals surface area (Å²) >= 11 is 6.44. The van der Waals surface area contributed by atoms with Crippen LogP contribution in [-0.4, -0.2) is 38.8 Å². The fraction of sp³-hybridized carbons (Fsp3) is 0.227. The molecule has 0 spiro atoms. The first kappa shape index (κ1) is 24.1. The highest BCUT2D eigenvalue weighted by molar-refractivity contribution is 7.10. The standard InChI is InChI=1S/C22H17ClF3N3O4S/c23-14-3-1-12(17(7-14)22(24,25)26)6-16(11-2-4-18-13(5-11)8-27-28-18)19-20(32)29(21(33)34-19)9-15(31)10-30/h1-5,7-8,15,30-32H,6,9-10H2. The molecule has 1 atom stereocenters. The molecule has 2 aromatic carbocycles. The minimum absolute atomic E-state index is 0.0463. The van der Waals surface area contributed by atoms with Gasteiger partial charge in [-0.3, -0.25) is 9.36 Å². The lowest BCUT2D eigenvalue weighted by atomic mass is 9.96. The van der Waals surface area contributed by atoms with Crippen molar-refractivity contribution in [2.75, 3.05) is 6.61 Å². The predicted molar refractivity (Wildman–Crippen MR) is 121 cm³/mol. The molecular formula is C22H17ClF3N3O4S. The first-order valence-corrected chi connectivity index (χ1v) is 11.1. The van der Waals surface area contributed by atoms with Crippen LogP contribution in [0.3, 0.4) is 0 Å². The van der Waals surface area contributed by atoms with Crippen LogP contribution >= 0.6 is 22.9 Å². The quantitative estimate of drug-likeness (QED) is 0.471. The third-order valence-electron chi connectivity index (χ3n) is 5.23. The minimum atomic E-state index is -4.68. The van der Waals surface area contributed by atoms with Gasteiger partial charge in [-0.2, -0.15) is 23.4 Å². The normalized spacial score (nSPS) is 14.6. The van der Waals surface area contributed by atoms with E-state index in [2.05, 4.69) is 10.2 Å². The van der Waals surface area contributed by atoms with E-state index < -0.39 is 35.2 Å². The van der Waals surface area contributed by atoms with Crippen LogP contribution in [0, 0.1) is 0 Å². The van der Waals surface area contributed by atoms with E-state index in [-0.39, 0.29) is 34.0 Å². The zero-order valence-electron chi connectivity index (χ0n) is 17.3. The summed E-state index contributed by atoms with van der Waals surface area (Å²) in [6.45, 7) is -1.02. The number of aromatic nitrogens is 1. The van der Waals surface area contributed by atoms with Gasteiger partial charge in [-0.15, -0.1) is 0 Å². The Morgan fingerprint density at radius 3 is 2.68 bits per heavy atom. The van der Waals surface area contributed by atoms with Crippen LogP contribution in [0.15, 0.2) is 51.4 Å². The molecule has 3 aromatic rings. The number of hydrogen-bond donors (Lipinski definition) is 3. The molecule has 7 nitrogen and oxygen atoms in total. The average molecular weight is 512 g/mol. The summed E-state index contributed by atoms with van der Waals surface area (Å²) in [4.78, 5) is 11.9. The van der Waals surface area contributed by atoms with E-state index in [4.69, 9.17) is 16.7 Å². The SMILES string of the molecule is O=c1sc(C(Cc2ccc(Cl)cc2C(F)(F)F)=c2ccc3c(c2)C=NN=3)c(O)n1CC(O)CO. The Hall–Kier alpha value is -2.99. The van der Waals surface area contributed by atoms with Crippen molar-refractivity contribution in [1.82, 2.24) is 4.57 Å². The lowest BCUT2D eigenvalue weighted by molar-refractivity contribution is -0.138. The summed E-state index contributed by atoms with van der Waals surface area (Å²) in [7, 11) is 0. The van der Waals surface area contributed by atoms with Crippen LogP contribution in [-0.2, 0) is 19.1 Å². The predicted octanol–water partition coefficient (Wildman–Crippen LogP) is 2.05. The fourth-order valence-corrected chi connectivity index (χ4v) is 4.72. The number of nitrogens with zero attached hydrogens (tertiary/aromatic N) is 3. The molecule has 0 saturated carbocycles. The van der Waals surface area contributed by atoms with Gasteiger partial charge in [0.05, 0.1) is 41.3 Å². The summed E-state index contributed by atoms with van der Waals surface area (Å²) in [5.41, 5.74) is -0.151. The van der Waals surface area contributed by atoms with Gasteiger partial charge in [0.25, 0.3) is 0 Å². The number of rotatable bonds is 6. The van der Waals surface area contributed by atoms with E-state index in [1.165, 1.54) is 18.3 Å². The topological polar surface area (TPSA) is 107 Å². The maximum absolute atomic E-state index is 13.7. The summed E-state index contributed by atoms with van der Waals surface area (Å²) < 4.78 is 42.1. The van der Waals surface area contributed by atoms with Crippen molar-refractivity contribution in [3.63, 3.8) is 0 Å². The van der Waals surface area contributed by atoms with Crippen molar-refractivity contribution in [3.05, 3.63) is 83.2 Å². The summed E-state index contributed by atoms with van der Waals surface area (Å²) in [5, 5.41) is 38.3. The number of fused-ring (bicyclic) bond motifs is 1. The van der Waals surface area contributed by atoms with Crippen LogP contribution in [0.4, 0.5) is 13.2 Å². The van der Waals surface area contributed by atoms with E-state index in [9.17, 15) is 28.2 Å². The molecule has 1 unspecified atom stereocenters. The molecule has 0 bridgehead atoms. The Balaban J connectivity index is 1.95. The molecule has 2 heterocycles. The van der Waals surface area contributed by atoms with Gasteiger partial charge < -0.3 is 15.3 Å². The number of aromatic hydroxyl groups is 1. The molecule has 4 rings (SSSR count). The maximum atomic E-state index is 13.7. The Morgan fingerprint density at radius 1 is 1.21 bits per heavy atom. The van der Waals surface area contributed by atoms with Crippen LogP contribution in [0.5, 0.6) is 5.88 Å². The number of benzene rings is 2. The van der Waals surface area contributed by atoms with E-state index in [1.807, 2.05) is 0 Å². The molecule has 34 heavy (non-hydrogen) atoms. The lowest BCUT2D eigenvalue weighted by Crippen LogP contribution is -2.25. The molecule has 1 aromatic heterocycles. The highest BCUT2D eigenvalue weighted by atomic mass is 35.5. The molecule has 12 heteroatoms. The second-order valence-electron chi connectivity index (χ2n) is 7.54. The largest absolute Gasteiger partial charge is 0.493 e. The van der Waals surface area contributed by atoms with Gasteiger partial charge in [0, 0.05) is 17.0 Å². The van der Waals surface area contributed by atoms with Gasteiger partial charge in [0.15, 0.2) is 0 Å². The average Bonchev–Trinajstić information content (AvgIpc) is 3.36. The van der Waals surface area contributed by atoms with Crippen molar-refractivity contribution in [1.29, 1.82) is 0 Å². The molecule has 0 saturated heterocycles. The Bertz CT molecular complexity index is 1460. The zero-order chi connectivity index (χ0) is 24.6. The zero-order valence-corrected chi connectivity index (χ0v) is 18.8.